The number of amides is 1. The maximum absolute atomic E-state index is 13.7. The van der Waals surface area contributed by atoms with Crippen LogP contribution in [0.1, 0.15) is 12.0 Å². The fourth-order valence-corrected chi connectivity index (χ4v) is 5.56. The molecule has 0 aliphatic rings. The summed E-state index contributed by atoms with van der Waals surface area (Å²) in [5.41, 5.74) is 0.335. The average molecular weight is 518 g/mol. The van der Waals surface area contributed by atoms with E-state index in [-0.39, 0.29) is 22.1 Å². The van der Waals surface area contributed by atoms with Crippen LogP contribution in [-0.4, -0.2) is 38.1 Å². The average Bonchev–Trinajstić information content (AvgIpc) is 2.86. The second kappa shape index (κ2) is 12.3. The van der Waals surface area contributed by atoms with Gasteiger partial charge in [0.25, 0.3) is 15.7 Å². The number of benzene rings is 3. The van der Waals surface area contributed by atoms with Crippen LogP contribution in [0.5, 0.6) is 0 Å². The number of rotatable bonds is 12. The molecule has 1 N–H and O–H groups in total. The van der Waals surface area contributed by atoms with E-state index >= 15 is 0 Å². The van der Waals surface area contributed by atoms with Crippen LogP contribution in [0.25, 0.3) is 0 Å². The molecule has 0 aromatic heterocycles. The highest BCUT2D eigenvalue weighted by Gasteiger charge is 2.28. The number of non-ortho nitro benzene ring substituents is 1. The fraction of sp³-hybridized carbons (Fsp3) is 0.208. The standard InChI is InChI=1S/C24H24FN3O5S2/c25-23-13-5-4-8-19(23)18-34-15-7-14-26-24(29)17-27(20-9-6-10-21(16-20)28(30)31)35(32,33)22-11-2-1-3-12-22/h1-6,8-13,16H,7,14-15,17-18H2,(H,26,29). The number of nitrogens with zero attached hydrogens (tertiary/aromatic N) is 2. The summed E-state index contributed by atoms with van der Waals surface area (Å²) in [6.07, 6.45) is 0.604. The SMILES string of the molecule is O=C(CN(c1cccc([N+](=O)[O-])c1)S(=O)(=O)c1ccccc1)NCCCSCc1ccccc1F. The summed E-state index contributed by atoms with van der Waals surface area (Å²) in [5.74, 6) is 0.381. The monoisotopic (exact) mass is 517 g/mol. The molecule has 3 rings (SSSR count). The summed E-state index contributed by atoms with van der Waals surface area (Å²) in [6.45, 7) is -0.238. The zero-order valence-corrected chi connectivity index (χ0v) is 20.3. The van der Waals surface area contributed by atoms with Gasteiger partial charge in [-0.3, -0.25) is 19.2 Å². The second-order valence-corrected chi connectivity index (χ2v) is 10.4. The Morgan fingerprint density at radius 1 is 1.03 bits per heavy atom. The largest absolute Gasteiger partial charge is 0.354 e. The number of hydrogen-bond acceptors (Lipinski definition) is 6. The highest BCUT2D eigenvalue weighted by atomic mass is 32.2. The third-order valence-corrected chi connectivity index (χ3v) is 7.83. The van der Waals surface area contributed by atoms with Crippen LogP contribution in [-0.2, 0) is 20.6 Å². The van der Waals surface area contributed by atoms with Gasteiger partial charge in [0.1, 0.15) is 12.4 Å². The number of hydrogen-bond donors (Lipinski definition) is 1. The van der Waals surface area contributed by atoms with Crippen molar-refractivity contribution in [3.05, 3.63) is 100 Å². The molecule has 0 atom stereocenters. The Kier molecular flexibility index (Phi) is 9.21. The van der Waals surface area contributed by atoms with Crippen LogP contribution in [0.3, 0.4) is 0 Å². The molecular formula is C24H24FN3O5S2. The molecule has 0 saturated heterocycles. The molecule has 0 bridgehead atoms. The van der Waals surface area contributed by atoms with E-state index in [1.165, 1.54) is 48.2 Å². The van der Waals surface area contributed by atoms with Crippen molar-refractivity contribution in [2.24, 2.45) is 0 Å². The quantitative estimate of drug-likeness (QED) is 0.217. The van der Waals surface area contributed by atoms with Crippen LogP contribution >= 0.6 is 11.8 Å². The van der Waals surface area contributed by atoms with Crippen molar-refractivity contribution in [1.29, 1.82) is 0 Å². The summed E-state index contributed by atoms with van der Waals surface area (Å²) < 4.78 is 41.1. The maximum atomic E-state index is 13.7. The van der Waals surface area contributed by atoms with Crippen LogP contribution in [0, 0.1) is 15.9 Å². The number of carbonyl (C=O) groups excluding carboxylic acids is 1. The summed E-state index contributed by atoms with van der Waals surface area (Å²) in [6, 6.07) is 19.2. The van der Waals surface area contributed by atoms with Crippen LogP contribution in [0.4, 0.5) is 15.8 Å². The number of nitrogens with one attached hydrogen (secondary N) is 1. The molecule has 1 amide bonds. The van der Waals surface area contributed by atoms with Crippen molar-refractivity contribution >= 4 is 39.1 Å². The Bertz CT molecular complexity index is 1270. The minimum atomic E-state index is -4.16. The molecule has 0 heterocycles. The topological polar surface area (TPSA) is 110 Å². The summed E-state index contributed by atoms with van der Waals surface area (Å²) in [4.78, 5) is 23.1. The van der Waals surface area contributed by atoms with E-state index in [1.807, 2.05) is 0 Å². The molecule has 0 spiro atoms. The second-order valence-electron chi connectivity index (χ2n) is 7.45. The smallest absolute Gasteiger partial charge is 0.271 e. The van der Waals surface area contributed by atoms with E-state index in [9.17, 15) is 27.7 Å². The fourth-order valence-electron chi connectivity index (χ4n) is 3.18. The summed E-state index contributed by atoms with van der Waals surface area (Å²) >= 11 is 1.53. The Hall–Kier alpha value is -3.44. The number of thioether (sulfide) groups is 1. The molecule has 3 aromatic carbocycles. The molecule has 0 aliphatic carbocycles. The van der Waals surface area contributed by atoms with Gasteiger partial charge in [0.2, 0.25) is 5.91 Å². The molecule has 0 aliphatic heterocycles. The Labute approximate surface area is 207 Å². The maximum Gasteiger partial charge on any atom is 0.271 e. The lowest BCUT2D eigenvalue weighted by atomic mass is 10.2. The van der Waals surface area contributed by atoms with Gasteiger partial charge in [0.15, 0.2) is 0 Å². The van der Waals surface area contributed by atoms with Gasteiger partial charge >= 0.3 is 0 Å². The third-order valence-electron chi connectivity index (χ3n) is 4.95. The van der Waals surface area contributed by atoms with Gasteiger partial charge in [-0.05, 0) is 42.0 Å². The van der Waals surface area contributed by atoms with Gasteiger partial charge < -0.3 is 5.32 Å². The lowest BCUT2D eigenvalue weighted by Gasteiger charge is -2.24. The van der Waals surface area contributed by atoms with E-state index in [4.69, 9.17) is 0 Å². The van der Waals surface area contributed by atoms with E-state index in [0.717, 1.165) is 10.4 Å². The molecule has 184 valence electrons. The first kappa shape index (κ1) is 26.2. The number of anilines is 1. The lowest BCUT2D eigenvalue weighted by molar-refractivity contribution is -0.384. The molecule has 35 heavy (non-hydrogen) atoms. The van der Waals surface area contributed by atoms with Crippen molar-refractivity contribution in [2.45, 2.75) is 17.1 Å². The van der Waals surface area contributed by atoms with E-state index < -0.39 is 27.4 Å². The predicted molar refractivity (Wildman–Crippen MR) is 134 cm³/mol. The van der Waals surface area contributed by atoms with Gasteiger partial charge in [0.05, 0.1) is 15.5 Å². The van der Waals surface area contributed by atoms with E-state index in [2.05, 4.69) is 5.32 Å². The normalized spacial score (nSPS) is 11.1. The van der Waals surface area contributed by atoms with Crippen molar-refractivity contribution in [1.82, 2.24) is 5.32 Å². The Morgan fingerprint density at radius 3 is 2.46 bits per heavy atom. The number of carbonyl (C=O) groups is 1. The van der Waals surface area contributed by atoms with Crippen molar-refractivity contribution < 1.29 is 22.5 Å². The van der Waals surface area contributed by atoms with Gasteiger partial charge in [0, 0.05) is 24.4 Å². The molecule has 3 aromatic rings. The zero-order valence-electron chi connectivity index (χ0n) is 18.7. The number of nitro benzene ring substituents is 1. The third kappa shape index (κ3) is 7.27. The minimum absolute atomic E-state index is 0.0126. The number of halogens is 1. The molecule has 8 nitrogen and oxygen atoms in total. The Morgan fingerprint density at radius 2 is 1.74 bits per heavy atom. The van der Waals surface area contributed by atoms with Crippen LogP contribution in [0.2, 0.25) is 0 Å². The first-order valence-electron chi connectivity index (χ1n) is 10.7. The molecule has 0 radical (unpaired) electrons. The number of nitro groups is 1. The van der Waals surface area contributed by atoms with Gasteiger partial charge in [-0.15, -0.1) is 0 Å². The molecular weight excluding hydrogens is 493 g/mol. The minimum Gasteiger partial charge on any atom is -0.354 e. The number of sulfonamides is 1. The van der Waals surface area contributed by atoms with Gasteiger partial charge in [-0.2, -0.15) is 11.8 Å². The van der Waals surface area contributed by atoms with E-state index in [1.54, 1.807) is 36.4 Å². The van der Waals surface area contributed by atoms with Crippen molar-refractivity contribution in [2.75, 3.05) is 23.1 Å². The van der Waals surface area contributed by atoms with Gasteiger partial charge in [-0.1, -0.05) is 42.5 Å². The molecule has 0 unspecified atom stereocenters. The predicted octanol–water partition coefficient (Wildman–Crippen LogP) is 4.37. The first-order valence-corrected chi connectivity index (χ1v) is 13.3. The molecule has 0 saturated carbocycles. The summed E-state index contributed by atoms with van der Waals surface area (Å²) in [5, 5.41) is 13.9. The van der Waals surface area contributed by atoms with E-state index in [0.29, 0.717) is 30.0 Å². The molecule has 0 fully saturated rings. The molecule has 11 heteroatoms. The lowest BCUT2D eigenvalue weighted by Crippen LogP contribution is -2.41. The summed E-state index contributed by atoms with van der Waals surface area (Å²) in [7, 11) is -4.16. The van der Waals surface area contributed by atoms with Crippen molar-refractivity contribution in [3.8, 4) is 0 Å². The van der Waals surface area contributed by atoms with Gasteiger partial charge in [-0.25, -0.2) is 12.8 Å². The highest BCUT2D eigenvalue weighted by Crippen LogP contribution is 2.26. The highest BCUT2D eigenvalue weighted by molar-refractivity contribution is 7.98. The first-order chi connectivity index (χ1) is 16.8. The Balaban J connectivity index is 1.63. The van der Waals surface area contributed by atoms with Crippen LogP contribution < -0.4 is 9.62 Å². The van der Waals surface area contributed by atoms with Crippen molar-refractivity contribution in [3.63, 3.8) is 0 Å². The van der Waals surface area contributed by atoms with Crippen LogP contribution in [0.15, 0.2) is 83.8 Å². The zero-order chi connectivity index (χ0) is 25.3.